The molecule has 0 spiro atoms. The van der Waals surface area contributed by atoms with E-state index < -0.39 is 190 Å². The van der Waals surface area contributed by atoms with Crippen LogP contribution in [0.3, 0.4) is 0 Å². The van der Waals surface area contributed by atoms with Gasteiger partial charge in [-0.3, -0.25) is 4.79 Å². The van der Waals surface area contributed by atoms with Crippen molar-refractivity contribution in [2.75, 3.05) is 19.8 Å². The average molecular weight is 1220 g/mol. The second-order valence-electron chi connectivity index (χ2n) is 28.1. The quantitative estimate of drug-likeness (QED) is 0.0492. The molecule has 10 aliphatic rings. The number of fused-ring (bicyclic) bond motifs is 7. The average Bonchev–Trinajstić information content (AvgIpc) is 1.60. The van der Waals surface area contributed by atoms with E-state index in [1.807, 2.05) is 6.92 Å². The van der Waals surface area contributed by atoms with Gasteiger partial charge in [-0.2, -0.15) is 0 Å². The summed E-state index contributed by atoms with van der Waals surface area (Å²) in [6.45, 7) is 17.3. The second kappa shape index (κ2) is 24.7. The van der Waals surface area contributed by atoms with Crippen LogP contribution in [0.2, 0.25) is 0 Å². The van der Waals surface area contributed by atoms with Gasteiger partial charge in [0.05, 0.1) is 43.5 Å². The summed E-state index contributed by atoms with van der Waals surface area (Å²) < 4.78 is 59.3. The summed E-state index contributed by atoms with van der Waals surface area (Å²) in [5.41, 5.74) is -1.19. The SMILES string of the molecule is C=C(C)[C@@H]1CC[C@]2(C(=O)O[C@@H]3O[C@H](CO[C@@H]4O[C@H](CO)[C@@H](O[C@@H]5O[C@@H](C)[C@H](O)[C@@H](O)[C@H]5O)[C@H](O)[C@H]4O)[C@@H](O)[C@H](O)[C@H]3O)CC[C@]3(C)[C@H](CC[C@@H]4[C@@]5(C)CC[C@H](O[C@@H]6O[C@H](O)C[C@H](O)[C@H]6O[C@@H]6O[C@H](CO)[C@H](O)[C@H](O)[C@H]6O)C(C)(C)[C@@H]5CC[C@]43C)[C@@H]12. The predicted octanol–water partition coefficient (Wildman–Crippen LogP) is -2.34. The first-order valence-corrected chi connectivity index (χ1v) is 30.7. The van der Waals surface area contributed by atoms with E-state index in [9.17, 15) is 76.6 Å². The molecule has 0 amide bonds. The van der Waals surface area contributed by atoms with E-state index in [2.05, 4.69) is 41.2 Å². The minimum absolute atomic E-state index is 0.0394. The Balaban J connectivity index is 0.813. The predicted molar refractivity (Wildman–Crippen MR) is 288 cm³/mol. The van der Waals surface area contributed by atoms with Crippen LogP contribution in [0, 0.1) is 56.7 Å². The minimum atomic E-state index is -1.89. The van der Waals surface area contributed by atoms with E-state index in [-0.39, 0.29) is 52.3 Å². The fourth-order valence-corrected chi connectivity index (χ4v) is 18.5. The molecule has 5 saturated heterocycles. The molecule has 5 saturated carbocycles. The summed E-state index contributed by atoms with van der Waals surface area (Å²) in [5.74, 6) is -0.395. The van der Waals surface area contributed by atoms with E-state index in [1.165, 1.54) is 6.92 Å². The van der Waals surface area contributed by atoms with Crippen molar-refractivity contribution in [3.05, 3.63) is 12.2 Å². The second-order valence-corrected chi connectivity index (χ2v) is 28.1. The highest BCUT2D eigenvalue weighted by Crippen LogP contribution is 2.78. The molecule has 26 heteroatoms. The smallest absolute Gasteiger partial charge is 0.314 e. The number of aliphatic hydroxyl groups is 15. The van der Waals surface area contributed by atoms with Crippen LogP contribution in [-0.4, -0.2) is 256 Å². The van der Waals surface area contributed by atoms with Gasteiger partial charge in [0, 0.05) is 6.42 Å². The molecule has 0 radical (unpaired) electrons. The van der Waals surface area contributed by atoms with E-state index in [1.54, 1.807) is 0 Å². The zero-order chi connectivity index (χ0) is 61.9. The Morgan fingerprint density at radius 3 is 1.78 bits per heavy atom. The lowest BCUT2D eigenvalue weighted by atomic mass is 9.32. The largest absolute Gasteiger partial charge is 0.432 e. The molecule has 85 heavy (non-hydrogen) atoms. The molecule has 0 aromatic carbocycles. The van der Waals surface area contributed by atoms with Gasteiger partial charge in [-0.25, -0.2) is 0 Å². The fraction of sp³-hybridized carbons (Fsp3) is 0.949. The van der Waals surface area contributed by atoms with Gasteiger partial charge in [0.2, 0.25) is 6.29 Å². The molecule has 10 fully saturated rings. The molecule has 5 heterocycles. The van der Waals surface area contributed by atoms with Crippen LogP contribution in [0.15, 0.2) is 12.2 Å². The van der Waals surface area contributed by atoms with Crippen molar-refractivity contribution in [1.82, 2.24) is 0 Å². The molecule has 0 aromatic heterocycles. The summed E-state index contributed by atoms with van der Waals surface area (Å²) in [6.07, 6.45) is -31.6. The first kappa shape index (κ1) is 66.2. The van der Waals surface area contributed by atoms with Gasteiger partial charge < -0.3 is 124 Å². The van der Waals surface area contributed by atoms with Crippen LogP contribution in [0.25, 0.3) is 0 Å². The minimum Gasteiger partial charge on any atom is -0.432 e. The molecular weight excluding hydrogens is 1120 g/mol. The molecule has 5 aliphatic heterocycles. The number of allylic oxidation sites excluding steroid dienone is 1. The molecule has 10 rings (SSSR count). The van der Waals surface area contributed by atoms with E-state index in [0.29, 0.717) is 32.1 Å². The zero-order valence-electron chi connectivity index (χ0n) is 49.6. The normalized spacial score (nSPS) is 55.1. The monoisotopic (exact) mass is 1220 g/mol. The number of carbonyl (C=O) groups excluding carboxylic acids is 1. The Labute approximate surface area is 494 Å². The molecule has 15 N–H and O–H groups in total. The Kier molecular flexibility index (Phi) is 19.2. The van der Waals surface area contributed by atoms with Crippen molar-refractivity contribution in [1.29, 1.82) is 0 Å². The van der Waals surface area contributed by atoms with Crippen molar-refractivity contribution in [3.8, 4) is 0 Å². The standard InChI is InChI=1S/C59H96O26/c1-23(2)25-11-16-59(54(75)85-52-45(73)41(69)38(66)30(80-52)22-76-49-46(74)42(70)48(29(21-61)79-49)84-50-43(71)39(67)36(64)24(3)77-50)18-17-57(7)26(35(25)59)9-10-32-56(6)14-13-33(55(4,5)31(56)12-15-58(32,57)8)81-53-47(27(62)19-34(63)82-53)83-51-44(72)40(68)37(65)28(20-60)78-51/h24-53,60-74H,1,9-22H2,2-8H3/t24-,25-,26+,27-,28+,29+,30+,31-,32+,33-,34-,35+,36-,37-,38+,39+,40-,41-,42+,43+,44+,45+,46+,47+,48+,49+,50-,51-,52-,53+,56-,57+,58+,59-/m0/s1. The number of aliphatic hydroxyl groups excluding tert-OH is 15. The maximum absolute atomic E-state index is 15.2. The van der Waals surface area contributed by atoms with Crippen LogP contribution in [0.5, 0.6) is 0 Å². The lowest BCUT2D eigenvalue weighted by Gasteiger charge is -2.73. The van der Waals surface area contributed by atoms with Gasteiger partial charge in [0.25, 0.3) is 0 Å². The maximum Gasteiger partial charge on any atom is 0.314 e. The van der Waals surface area contributed by atoms with Gasteiger partial charge in [0.1, 0.15) is 97.7 Å². The van der Waals surface area contributed by atoms with Crippen molar-refractivity contribution >= 4 is 5.97 Å². The first-order valence-electron chi connectivity index (χ1n) is 30.7. The number of rotatable bonds is 14. The Morgan fingerprint density at radius 2 is 1.12 bits per heavy atom. The third-order valence-electron chi connectivity index (χ3n) is 23.5. The third-order valence-corrected chi connectivity index (χ3v) is 23.5. The number of ether oxygens (including phenoxy) is 10. The summed E-state index contributed by atoms with van der Waals surface area (Å²) in [5, 5.41) is 161. The summed E-state index contributed by atoms with van der Waals surface area (Å²) in [6, 6.07) is 0. The van der Waals surface area contributed by atoms with Gasteiger partial charge in [0.15, 0.2) is 31.5 Å². The summed E-state index contributed by atoms with van der Waals surface area (Å²) >= 11 is 0. The lowest BCUT2D eigenvalue weighted by Crippen LogP contribution is -2.67. The van der Waals surface area contributed by atoms with E-state index >= 15 is 4.79 Å². The van der Waals surface area contributed by atoms with E-state index in [0.717, 1.165) is 37.7 Å². The van der Waals surface area contributed by atoms with Crippen molar-refractivity contribution in [3.63, 3.8) is 0 Å². The Morgan fingerprint density at radius 1 is 0.529 bits per heavy atom. The van der Waals surface area contributed by atoms with Crippen molar-refractivity contribution < 1.29 is 129 Å². The number of hydrogen-bond acceptors (Lipinski definition) is 26. The first-order chi connectivity index (χ1) is 39.9. The van der Waals surface area contributed by atoms with Crippen molar-refractivity contribution in [2.45, 2.75) is 273 Å². The molecule has 26 nitrogen and oxygen atoms in total. The maximum atomic E-state index is 15.2. The number of hydrogen-bond donors (Lipinski definition) is 15. The topological polar surface area (TPSA) is 413 Å². The highest BCUT2D eigenvalue weighted by molar-refractivity contribution is 5.78. The van der Waals surface area contributed by atoms with Gasteiger partial charge in [-0.05, 0) is 129 Å². The van der Waals surface area contributed by atoms with Gasteiger partial charge in [-0.1, -0.05) is 46.8 Å². The van der Waals surface area contributed by atoms with Crippen LogP contribution in [-0.2, 0) is 52.2 Å². The molecule has 0 unspecified atom stereocenters. The molecule has 5 aliphatic carbocycles. The lowest BCUT2D eigenvalue weighted by molar-refractivity contribution is -0.380. The van der Waals surface area contributed by atoms with Gasteiger partial charge >= 0.3 is 5.97 Å². The van der Waals surface area contributed by atoms with E-state index in [4.69, 9.17) is 47.4 Å². The Hall–Kier alpha value is -1.75. The number of carbonyl (C=O) groups is 1. The van der Waals surface area contributed by atoms with Crippen LogP contribution < -0.4 is 0 Å². The Bertz CT molecular complexity index is 2330. The number of esters is 1. The fourth-order valence-electron chi connectivity index (χ4n) is 18.5. The molecule has 0 aromatic rings. The molecule has 488 valence electrons. The summed E-state index contributed by atoms with van der Waals surface area (Å²) in [7, 11) is 0. The highest BCUT2D eigenvalue weighted by atomic mass is 16.8. The van der Waals surface area contributed by atoms with Crippen LogP contribution >= 0.6 is 0 Å². The van der Waals surface area contributed by atoms with Crippen LogP contribution in [0.4, 0.5) is 0 Å². The molecule has 0 bridgehead atoms. The van der Waals surface area contributed by atoms with Crippen LogP contribution in [0.1, 0.15) is 119 Å². The summed E-state index contributed by atoms with van der Waals surface area (Å²) in [4.78, 5) is 15.2. The third kappa shape index (κ3) is 11.1. The highest BCUT2D eigenvalue weighted by Gasteiger charge is 2.73. The molecule has 34 atom stereocenters. The zero-order valence-corrected chi connectivity index (χ0v) is 49.6. The van der Waals surface area contributed by atoms with Gasteiger partial charge in [-0.15, -0.1) is 0 Å². The van der Waals surface area contributed by atoms with Crippen molar-refractivity contribution in [2.24, 2.45) is 56.7 Å². The molecular formula is C59H96O26.